The van der Waals surface area contributed by atoms with Crippen LogP contribution in [0, 0.1) is 11.3 Å². The van der Waals surface area contributed by atoms with Crippen LogP contribution in [0.2, 0.25) is 0 Å². The third-order valence-electron chi connectivity index (χ3n) is 2.77. The molecule has 0 atom stereocenters. The Bertz CT molecular complexity index is 690. The lowest BCUT2D eigenvalue weighted by atomic mass is 9.98. The minimum atomic E-state index is -4.79. The fourth-order valence-corrected chi connectivity index (χ4v) is 1.89. The molecule has 2 rings (SSSR count). The number of benzene rings is 2. The quantitative estimate of drug-likeness (QED) is 0.940. The van der Waals surface area contributed by atoms with E-state index in [9.17, 15) is 13.2 Å². The Hall–Kier alpha value is -2.52. The Morgan fingerprint density at radius 1 is 1.14 bits per heavy atom. The summed E-state index contributed by atoms with van der Waals surface area (Å²) in [5.41, 5.74) is 1.67. The van der Waals surface area contributed by atoms with Gasteiger partial charge in [-0.05, 0) is 35.4 Å². The lowest BCUT2D eigenvalue weighted by molar-refractivity contribution is -0.274. The van der Waals surface area contributed by atoms with Crippen molar-refractivity contribution in [2.24, 2.45) is 0 Å². The molecular weight excluding hydrogens is 283 g/mol. The number of nitrogens with zero attached hydrogens (tertiary/aromatic N) is 1. The molecular formula is C15H10F3NO2. The van der Waals surface area contributed by atoms with E-state index in [0.29, 0.717) is 16.7 Å². The van der Waals surface area contributed by atoms with Crippen LogP contribution in [-0.4, -0.2) is 11.5 Å². The molecule has 21 heavy (non-hydrogen) atoms. The number of ether oxygens (including phenoxy) is 1. The molecule has 0 bridgehead atoms. The highest BCUT2D eigenvalue weighted by molar-refractivity contribution is 5.72. The summed E-state index contributed by atoms with van der Waals surface area (Å²) in [4.78, 5) is 0. The normalized spacial score (nSPS) is 11.0. The van der Waals surface area contributed by atoms with Crippen molar-refractivity contribution in [3.05, 3.63) is 53.6 Å². The van der Waals surface area contributed by atoms with E-state index in [1.54, 1.807) is 24.3 Å². The third-order valence-corrected chi connectivity index (χ3v) is 2.77. The highest BCUT2D eigenvalue weighted by Gasteiger charge is 2.31. The van der Waals surface area contributed by atoms with Gasteiger partial charge in [0.25, 0.3) is 0 Å². The van der Waals surface area contributed by atoms with Crippen molar-refractivity contribution < 1.29 is 23.0 Å². The number of aliphatic hydroxyl groups excluding tert-OH is 1. The predicted octanol–water partition coefficient (Wildman–Crippen LogP) is 3.62. The van der Waals surface area contributed by atoms with E-state index in [0.717, 1.165) is 12.1 Å². The lowest BCUT2D eigenvalue weighted by Gasteiger charge is -2.12. The van der Waals surface area contributed by atoms with E-state index < -0.39 is 12.1 Å². The summed E-state index contributed by atoms with van der Waals surface area (Å²) in [6.45, 7) is -0.200. The first-order valence-corrected chi connectivity index (χ1v) is 5.93. The van der Waals surface area contributed by atoms with Crippen molar-refractivity contribution >= 4 is 0 Å². The summed E-state index contributed by atoms with van der Waals surface area (Å²) in [5.74, 6) is -0.397. The molecule has 1 N–H and O–H groups in total. The second-order valence-electron chi connectivity index (χ2n) is 4.23. The molecule has 0 radical (unpaired) electrons. The largest absolute Gasteiger partial charge is 0.573 e. The topological polar surface area (TPSA) is 53.2 Å². The Labute approximate surface area is 118 Å². The van der Waals surface area contributed by atoms with Gasteiger partial charge in [-0.25, -0.2) is 0 Å². The number of aliphatic hydroxyl groups is 1. The fraction of sp³-hybridized carbons (Fsp3) is 0.133. The predicted molar refractivity (Wildman–Crippen MR) is 69.2 cm³/mol. The molecule has 0 aliphatic rings. The number of nitriles is 1. The van der Waals surface area contributed by atoms with Crippen molar-refractivity contribution in [2.75, 3.05) is 0 Å². The highest BCUT2D eigenvalue weighted by Crippen LogP contribution is 2.31. The van der Waals surface area contributed by atoms with Crippen LogP contribution in [0.25, 0.3) is 11.1 Å². The Kier molecular flexibility index (Phi) is 4.15. The maximum Gasteiger partial charge on any atom is 0.573 e. The summed E-state index contributed by atoms with van der Waals surface area (Å²) >= 11 is 0. The van der Waals surface area contributed by atoms with Crippen LogP contribution >= 0.6 is 0 Å². The first kappa shape index (κ1) is 14.9. The SMILES string of the molecule is N#Cc1ccc(OC(F)(F)F)cc1-c1cccc(CO)c1. The second-order valence-corrected chi connectivity index (χ2v) is 4.23. The third kappa shape index (κ3) is 3.74. The van der Waals surface area contributed by atoms with E-state index in [4.69, 9.17) is 10.4 Å². The van der Waals surface area contributed by atoms with Gasteiger partial charge in [-0.15, -0.1) is 13.2 Å². The number of hydrogen-bond donors (Lipinski definition) is 1. The Morgan fingerprint density at radius 2 is 1.90 bits per heavy atom. The van der Waals surface area contributed by atoms with Crippen molar-refractivity contribution in [3.8, 4) is 22.9 Å². The van der Waals surface area contributed by atoms with Crippen LogP contribution in [-0.2, 0) is 6.61 Å². The molecule has 0 aliphatic carbocycles. The number of alkyl halides is 3. The summed E-state index contributed by atoms with van der Waals surface area (Å²) < 4.78 is 40.6. The molecule has 0 aromatic heterocycles. The van der Waals surface area contributed by atoms with E-state index in [1.165, 1.54) is 6.07 Å². The van der Waals surface area contributed by atoms with E-state index in [1.807, 2.05) is 6.07 Å². The van der Waals surface area contributed by atoms with Gasteiger partial charge in [0.2, 0.25) is 0 Å². The minimum Gasteiger partial charge on any atom is -0.406 e. The maximum atomic E-state index is 12.3. The molecule has 0 amide bonds. The zero-order valence-corrected chi connectivity index (χ0v) is 10.7. The van der Waals surface area contributed by atoms with Gasteiger partial charge >= 0.3 is 6.36 Å². The van der Waals surface area contributed by atoms with Gasteiger partial charge in [-0.2, -0.15) is 5.26 Å². The van der Waals surface area contributed by atoms with Crippen LogP contribution < -0.4 is 4.74 Å². The van der Waals surface area contributed by atoms with Gasteiger partial charge < -0.3 is 9.84 Å². The Balaban J connectivity index is 2.50. The zero-order chi connectivity index (χ0) is 15.5. The van der Waals surface area contributed by atoms with Crippen LogP contribution in [0.15, 0.2) is 42.5 Å². The lowest BCUT2D eigenvalue weighted by Crippen LogP contribution is -2.17. The number of rotatable bonds is 3. The van der Waals surface area contributed by atoms with Gasteiger partial charge in [0.1, 0.15) is 5.75 Å². The number of hydrogen-bond acceptors (Lipinski definition) is 3. The molecule has 0 unspecified atom stereocenters. The first-order chi connectivity index (χ1) is 9.93. The highest BCUT2D eigenvalue weighted by atomic mass is 19.4. The van der Waals surface area contributed by atoms with Gasteiger partial charge in [0.05, 0.1) is 18.2 Å². The van der Waals surface area contributed by atoms with Gasteiger partial charge in [-0.1, -0.05) is 18.2 Å². The van der Waals surface area contributed by atoms with Gasteiger partial charge in [0.15, 0.2) is 0 Å². The van der Waals surface area contributed by atoms with Crippen LogP contribution in [0.1, 0.15) is 11.1 Å². The molecule has 108 valence electrons. The molecule has 0 aliphatic heterocycles. The zero-order valence-electron chi connectivity index (χ0n) is 10.7. The molecule has 2 aromatic carbocycles. The van der Waals surface area contributed by atoms with Gasteiger partial charge in [-0.3, -0.25) is 0 Å². The minimum absolute atomic E-state index is 0.200. The second kappa shape index (κ2) is 5.85. The number of halogens is 3. The molecule has 0 saturated carbocycles. The van der Waals surface area contributed by atoms with Crippen LogP contribution in [0.4, 0.5) is 13.2 Å². The van der Waals surface area contributed by atoms with E-state index >= 15 is 0 Å². The molecule has 2 aromatic rings. The molecule has 3 nitrogen and oxygen atoms in total. The molecule has 0 spiro atoms. The molecule has 0 fully saturated rings. The van der Waals surface area contributed by atoms with Crippen LogP contribution in [0.3, 0.4) is 0 Å². The Morgan fingerprint density at radius 3 is 2.52 bits per heavy atom. The molecule has 0 heterocycles. The maximum absolute atomic E-state index is 12.3. The van der Waals surface area contributed by atoms with Gasteiger partial charge in [0, 0.05) is 5.56 Å². The first-order valence-electron chi connectivity index (χ1n) is 5.93. The van der Waals surface area contributed by atoms with E-state index in [2.05, 4.69) is 4.74 Å². The van der Waals surface area contributed by atoms with E-state index in [-0.39, 0.29) is 12.2 Å². The average Bonchev–Trinajstić information content (AvgIpc) is 2.45. The summed E-state index contributed by atoms with van der Waals surface area (Å²) in [6, 6.07) is 12.0. The van der Waals surface area contributed by atoms with Crippen LogP contribution in [0.5, 0.6) is 5.75 Å². The molecule has 6 heteroatoms. The summed E-state index contributed by atoms with van der Waals surface area (Å²) in [7, 11) is 0. The summed E-state index contributed by atoms with van der Waals surface area (Å²) in [6.07, 6.45) is -4.79. The van der Waals surface area contributed by atoms with Crippen molar-refractivity contribution in [2.45, 2.75) is 13.0 Å². The monoisotopic (exact) mass is 293 g/mol. The van der Waals surface area contributed by atoms with Crippen molar-refractivity contribution in [1.29, 1.82) is 5.26 Å². The molecule has 0 saturated heterocycles. The smallest absolute Gasteiger partial charge is 0.406 e. The van der Waals surface area contributed by atoms with Crippen molar-refractivity contribution in [1.82, 2.24) is 0 Å². The standard InChI is InChI=1S/C15H10F3NO2/c16-15(17,18)21-13-5-4-12(8-19)14(7-13)11-3-1-2-10(6-11)9-20/h1-7,20H,9H2. The summed E-state index contributed by atoms with van der Waals surface area (Å²) in [5, 5.41) is 18.2. The van der Waals surface area contributed by atoms with Crippen molar-refractivity contribution in [3.63, 3.8) is 0 Å². The fourth-order valence-electron chi connectivity index (χ4n) is 1.89. The average molecular weight is 293 g/mol.